The summed E-state index contributed by atoms with van der Waals surface area (Å²) < 4.78 is 0. The molecular formula is C19H16O3S. The molecule has 4 heteroatoms. The van der Waals surface area contributed by atoms with Crippen molar-refractivity contribution < 1.29 is 14.7 Å². The minimum Gasteiger partial charge on any atom is -0.478 e. The Balaban J connectivity index is 1.99. The Morgan fingerprint density at radius 2 is 2.04 bits per heavy atom. The van der Waals surface area contributed by atoms with Gasteiger partial charge in [-0.25, -0.2) is 4.79 Å². The second-order valence-corrected chi connectivity index (χ2v) is 7.27. The summed E-state index contributed by atoms with van der Waals surface area (Å²) in [5.74, 6) is -0.830. The van der Waals surface area contributed by atoms with Gasteiger partial charge in [-0.1, -0.05) is 43.0 Å². The summed E-state index contributed by atoms with van der Waals surface area (Å²) in [4.78, 5) is 26.3. The van der Waals surface area contributed by atoms with Gasteiger partial charge in [0.2, 0.25) is 0 Å². The van der Waals surface area contributed by atoms with E-state index >= 15 is 0 Å². The molecule has 116 valence electrons. The summed E-state index contributed by atoms with van der Waals surface area (Å²) in [7, 11) is 0. The first-order valence-corrected chi connectivity index (χ1v) is 8.62. The van der Waals surface area contributed by atoms with E-state index in [0.29, 0.717) is 5.56 Å². The maximum absolute atomic E-state index is 12.6. The number of hydrogen-bond donors (Lipinski definition) is 1. The van der Waals surface area contributed by atoms with E-state index in [1.54, 1.807) is 17.8 Å². The molecule has 0 saturated heterocycles. The van der Waals surface area contributed by atoms with Gasteiger partial charge >= 0.3 is 5.97 Å². The third-order valence-electron chi connectivity index (χ3n) is 4.64. The number of thioether (sulfide) groups is 1. The van der Waals surface area contributed by atoms with E-state index in [2.05, 4.69) is 12.2 Å². The average molecular weight is 324 g/mol. The number of Topliss-reactive ketones (excluding diaryl/α,β-unsaturated/α-hetero) is 1. The molecule has 0 amide bonds. The van der Waals surface area contributed by atoms with Gasteiger partial charge in [-0.05, 0) is 36.5 Å². The number of ketones is 1. The number of rotatable bonds is 1. The minimum absolute atomic E-state index is 0.0204. The molecule has 1 unspecified atom stereocenters. The third-order valence-corrected chi connectivity index (χ3v) is 5.89. The van der Waals surface area contributed by atoms with E-state index in [-0.39, 0.29) is 17.3 Å². The van der Waals surface area contributed by atoms with Gasteiger partial charge in [-0.15, -0.1) is 0 Å². The Morgan fingerprint density at radius 3 is 2.83 bits per heavy atom. The number of allylic oxidation sites excluding steroid dienone is 4. The lowest BCUT2D eigenvalue weighted by molar-refractivity contribution is -0.130. The highest BCUT2D eigenvalue weighted by Crippen LogP contribution is 2.47. The van der Waals surface area contributed by atoms with Crippen LogP contribution in [-0.4, -0.2) is 16.9 Å². The summed E-state index contributed by atoms with van der Waals surface area (Å²) in [5.41, 5.74) is 3.68. The molecule has 0 bridgehead atoms. The van der Waals surface area contributed by atoms with E-state index in [1.165, 1.54) is 0 Å². The maximum Gasteiger partial charge on any atom is 0.336 e. The Morgan fingerprint density at radius 1 is 1.26 bits per heavy atom. The fourth-order valence-corrected chi connectivity index (χ4v) is 4.78. The Hall–Kier alpha value is -2.07. The van der Waals surface area contributed by atoms with Crippen LogP contribution in [0.1, 0.15) is 41.3 Å². The lowest BCUT2D eigenvalue weighted by Gasteiger charge is -2.14. The molecule has 1 aromatic carbocycles. The Labute approximate surface area is 138 Å². The van der Waals surface area contributed by atoms with Crippen LogP contribution in [-0.2, 0) is 11.2 Å². The molecule has 1 heterocycles. The van der Waals surface area contributed by atoms with Crippen molar-refractivity contribution in [3.05, 3.63) is 57.5 Å². The SMILES string of the molecule is CC1Cc2ccc3c(c2C1=O)SC1=CCCC=C1C=C3C(=O)O. The fourth-order valence-electron chi connectivity index (χ4n) is 3.47. The summed E-state index contributed by atoms with van der Waals surface area (Å²) >= 11 is 1.55. The first-order chi connectivity index (χ1) is 11.1. The topological polar surface area (TPSA) is 54.4 Å². The first-order valence-electron chi connectivity index (χ1n) is 7.80. The van der Waals surface area contributed by atoms with E-state index in [0.717, 1.165) is 45.8 Å². The van der Waals surface area contributed by atoms with Crippen LogP contribution < -0.4 is 0 Å². The zero-order valence-corrected chi connectivity index (χ0v) is 13.6. The molecule has 3 nitrogen and oxygen atoms in total. The van der Waals surface area contributed by atoms with Gasteiger partial charge in [0.15, 0.2) is 5.78 Å². The van der Waals surface area contributed by atoms with Crippen LogP contribution in [0.25, 0.3) is 5.57 Å². The number of carbonyl (C=O) groups is 2. The largest absolute Gasteiger partial charge is 0.478 e. The van der Waals surface area contributed by atoms with Crippen molar-refractivity contribution in [2.45, 2.75) is 31.1 Å². The van der Waals surface area contributed by atoms with Gasteiger partial charge in [-0.2, -0.15) is 0 Å². The van der Waals surface area contributed by atoms with Crippen molar-refractivity contribution in [3.63, 3.8) is 0 Å². The number of carboxylic acid groups (broad SMARTS) is 1. The van der Waals surface area contributed by atoms with Gasteiger partial charge < -0.3 is 5.11 Å². The van der Waals surface area contributed by atoms with Crippen molar-refractivity contribution in [1.82, 2.24) is 0 Å². The predicted molar refractivity (Wildman–Crippen MR) is 90.5 cm³/mol. The molecule has 23 heavy (non-hydrogen) atoms. The van der Waals surface area contributed by atoms with Crippen LogP contribution in [0.4, 0.5) is 0 Å². The van der Waals surface area contributed by atoms with E-state index < -0.39 is 5.97 Å². The monoisotopic (exact) mass is 324 g/mol. The third kappa shape index (κ3) is 2.20. The van der Waals surface area contributed by atoms with E-state index in [4.69, 9.17) is 0 Å². The smallest absolute Gasteiger partial charge is 0.336 e. The molecule has 2 aliphatic carbocycles. The van der Waals surface area contributed by atoms with Crippen molar-refractivity contribution in [1.29, 1.82) is 0 Å². The molecule has 0 saturated carbocycles. The Kier molecular flexibility index (Phi) is 3.31. The zero-order valence-electron chi connectivity index (χ0n) is 12.8. The highest BCUT2D eigenvalue weighted by Gasteiger charge is 2.34. The van der Waals surface area contributed by atoms with Crippen LogP contribution in [0, 0.1) is 5.92 Å². The van der Waals surface area contributed by atoms with Crippen LogP contribution in [0.3, 0.4) is 0 Å². The molecule has 4 rings (SSSR count). The fraction of sp³-hybridized carbons (Fsp3) is 0.263. The molecule has 0 fully saturated rings. The molecule has 1 aromatic rings. The van der Waals surface area contributed by atoms with E-state index in [1.807, 2.05) is 19.1 Å². The van der Waals surface area contributed by atoms with E-state index in [9.17, 15) is 14.7 Å². The number of carbonyl (C=O) groups excluding carboxylic acids is 1. The first kappa shape index (κ1) is 14.5. The van der Waals surface area contributed by atoms with Crippen molar-refractivity contribution in [3.8, 4) is 0 Å². The maximum atomic E-state index is 12.6. The summed E-state index contributed by atoms with van der Waals surface area (Å²) in [6, 6.07) is 3.79. The Bertz CT molecular complexity index is 842. The molecular weight excluding hydrogens is 308 g/mol. The zero-order chi connectivity index (χ0) is 16.1. The van der Waals surface area contributed by atoms with Crippen LogP contribution in [0.5, 0.6) is 0 Å². The highest BCUT2D eigenvalue weighted by molar-refractivity contribution is 8.03. The van der Waals surface area contributed by atoms with Crippen molar-refractivity contribution >= 4 is 29.1 Å². The number of benzene rings is 1. The summed E-state index contributed by atoms with van der Waals surface area (Å²) in [5, 5.41) is 9.66. The molecule has 0 radical (unpaired) electrons. The second-order valence-electron chi connectivity index (χ2n) is 6.22. The summed E-state index contributed by atoms with van der Waals surface area (Å²) in [6.07, 6.45) is 8.61. The number of hydrogen-bond acceptors (Lipinski definition) is 3. The normalized spacial score (nSPS) is 22.2. The molecule has 1 atom stereocenters. The molecule has 0 spiro atoms. The molecule has 1 N–H and O–H groups in total. The predicted octanol–water partition coefficient (Wildman–Crippen LogP) is 4.24. The lowest BCUT2D eigenvalue weighted by atomic mass is 9.97. The van der Waals surface area contributed by atoms with Crippen LogP contribution in [0.15, 0.2) is 45.7 Å². The van der Waals surface area contributed by atoms with Gasteiger partial charge in [0.25, 0.3) is 0 Å². The van der Waals surface area contributed by atoms with Gasteiger partial charge in [0.1, 0.15) is 0 Å². The summed E-state index contributed by atoms with van der Waals surface area (Å²) in [6.45, 7) is 1.94. The highest BCUT2D eigenvalue weighted by atomic mass is 32.2. The molecule has 0 aromatic heterocycles. The lowest BCUT2D eigenvalue weighted by Crippen LogP contribution is -2.06. The second kappa shape index (κ2) is 5.24. The minimum atomic E-state index is -0.946. The van der Waals surface area contributed by atoms with Crippen molar-refractivity contribution in [2.24, 2.45) is 5.92 Å². The quantitative estimate of drug-likeness (QED) is 0.839. The van der Waals surface area contributed by atoms with Crippen LogP contribution >= 0.6 is 11.8 Å². The standard InChI is InChI=1S/C19H16O3S/c1-10-8-12-6-7-13-14(19(21)22)9-11-4-2-3-5-15(11)23-18(13)16(12)17(10)20/h4-7,9-10H,2-3,8H2,1H3,(H,21,22). The number of carboxylic acids is 1. The number of aliphatic carboxylic acids is 1. The molecule has 1 aliphatic heterocycles. The van der Waals surface area contributed by atoms with Gasteiger partial charge in [0.05, 0.1) is 5.57 Å². The van der Waals surface area contributed by atoms with Gasteiger partial charge in [-0.3, -0.25) is 4.79 Å². The van der Waals surface area contributed by atoms with Gasteiger partial charge in [0, 0.05) is 26.8 Å². The number of fused-ring (bicyclic) bond motifs is 4. The molecule has 3 aliphatic rings. The van der Waals surface area contributed by atoms with Crippen molar-refractivity contribution in [2.75, 3.05) is 0 Å². The van der Waals surface area contributed by atoms with Crippen LogP contribution in [0.2, 0.25) is 0 Å². The average Bonchev–Trinajstić information content (AvgIpc) is 2.73.